The molecule has 3 rings (SSSR count). The molecule has 3 aromatic rings. The van der Waals surface area contributed by atoms with Gasteiger partial charge in [-0.05, 0) is 55.2 Å². The zero-order chi connectivity index (χ0) is 17.6. The highest BCUT2D eigenvalue weighted by molar-refractivity contribution is 5.49. The summed E-state index contributed by atoms with van der Waals surface area (Å²) in [6.07, 6.45) is 1.88. The molecule has 0 atom stereocenters. The molecular formula is C23H24O2. The third-order valence-corrected chi connectivity index (χ3v) is 4.38. The topological polar surface area (TPSA) is 18.5 Å². The Morgan fingerprint density at radius 1 is 0.560 bits per heavy atom. The molecule has 0 aromatic heterocycles. The first-order chi connectivity index (χ1) is 12.2. The smallest absolute Gasteiger partial charge is 0.134 e. The fourth-order valence-electron chi connectivity index (χ4n) is 2.84. The number of hydrogen-bond acceptors (Lipinski definition) is 2. The molecule has 0 aliphatic carbocycles. The van der Waals surface area contributed by atoms with Crippen LogP contribution in [0.2, 0.25) is 0 Å². The van der Waals surface area contributed by atoms with E-state index in [-0.39, 0.29) is 0 Å². The number of ether oxygens (including phenoxy) is 2. The molecule has 25 heavy (non-hydrogen) atoms. The quantitative estimate of drug-likeness (QED) is 0.500. The number of para-hydroxylation sites is 2. The third kappa shape index (κ3) is 3.85. The summed E-state index contributed by atoms with van der Waals surface area (Å²) in [4.78, 5) is 0. The summed E-state index contributed by atoms with van der Waals surface area (Å²) in [6.45, 7) is 6.31. The van der Waals surface area contributed by atoms with Crippen LogP contribution in [0, 0.1) is 6.92 Å². The molecule has 0 heterocycles. The van der Waals surface area contributed by atoms with Crippen molar-refractivity contribution in [1.29, 1.82) is 0 Å². The zero-order valence-electron chi connectivity index (χ0n) is 15.1. The molecular weight excluding hydrogens is 308 g/mol. The lowest BCUT2D eigenvalue weighted by Crippen LogP contribution is -1.95. The average Bonchev–Trinajstić information content (AvgIpc) is 2.66. The van der Waals surface area contributed by atoms with Gasteiger partial charge in [0.15, 0.2) is 0 Å². The van der Waals surface area contributed by atoms with Gasteiger partial charge in [0, 0.05) is 5.56 Å². The first-order valence-electron chi connectivity index (χ1n) is 8.84. The molecule has 0 N–H and O–H groups in total. The lowest BCUT2D eigenvalue weighted by atomic mass is 10.1. The van der Waals surface area contributed by atoms with Crippen molar-refractivity contribution in [1.82, 2.24) is 0 Å². The van der Waals surface area contributed by atoms with Gasteiger partial charge in [-0.2, -0.15) is 0 Å². The van der Waals surface area contributed by atoms with Gasteiger partial charge in [-0.15, -0.1) is 0 Å². The van der Waals surface area contributed by atoms with E-state index in [1.807, 2.05) is 61.5 Å². The van der Waals surface area contributed by atoms with Gasteiger partial charge >= 0.3 is 0 Å². The SMILES string of the molecule is CCc1ccccc1Oc1cccc(Oc2ccccc2CC)c1C. The van der Waals surface area contributed by atoms with Gasteiger partial charge in [-0.3, -0.25) is 0 Å². The summed E-state index contributed by atoms with van der Waals surface area (Å²) in [5.74, 6) is 3.46. The number of benzene rings is 3. The molecule has 3 aromatic carbocycles. The maximum absolute atomic E-state index is 6.19. The molecule has 0 spiro atoms. The second-order valence-corrected chi connectivity index (χ2v) is 6.01. The van der Waals surface area contributed by atoms with E-state index in [0.717, 1.165) is 41.4 Å². The Balaban J connectivity index is 1.90. The van der Waals surface area contributed by atoms with E-state index in [0.29, 0.717) is 0 Å². The van der Waals surface area contributed by atoms with E-state index < -0.39 is 0 Å². The van der Waals surface area contributed by atoms with Crippen molar-refractivity contribution in [3.05, 3.63) is 83.4 Å². The Kier molecular flexibility index (Phi) is 5.39. The summed E-state index contributed by atoms with van der Waals surface area (Å²) in [6, 6.07) is 22.3. The Labute approximate surface area is 150 Å². The molecule has 0 saturated heterocycles. The second-order valence-electron chi connectivity index (χ2n) is 6.01. The minimum Gasteiger partial charge on any atom is -0.457 e. The van der Waals surface area contributed by atoms with Crippen LogP contribution in [0.15, 0.2) is 66.7 Å². The summed E-state index contributed by atoms with van der Waals surface area (Å²) in [5, 5.41) is 0. The summed E-state index contributed by atoms with van der Waals surface area (Å²) >= 11 is 0. The summed E-state index contributed by atoms with van der Waals surface area (Å²) < 4.78 is 12.4. The molecule has 0 saturated carbocycles. The van der Waals surface area contributed by atoms with Gasteiger partial charge in [0.2, 0.25) is 0 Å². The van der Waals surface area contributed by atoms with E-state index >= 15 is 0 Å². The van der Waals surface area contributed by atoms with E-state index in [1.54, 1.807) is 0 Å². The Bertz CT molecular complexity index is 784. The maximum atomic E-state index is 6.19. The lowest BCUT2D eigenvalue weighted by Gasteiger charge is -2.16. The normalized spacial score (nSPS) is 10.5. The van der Waals surface area contributed by atoms with E-state index in [4.69, 9.17) is 9.47 Å². The number of aryl methyl sites for hydroxylation is 2. The first-order valence-corrected chi connectivity index (χ1v) is 8.84. The van der Waals surface area contributed by atoms with Gasteiger partial charge in [-0.1, -0.05) is 56.3 Å². The fraction of sp³-hybridized carbons (Fsp3) is 0.217. The third-order valence-electron chi connectivity index (χ3n) is 4.38. The molecule has 128 valence electrons. The average molecular weight is 332 g/mol. The molecule has 2 heteroatoms. The minimum atomic E-state index is 0.826. The van der Waals surface area contributed by atoms with Crippen LogP contribution < -0.4 is 9.47 Å². The van der Waals surface area contributed by atoms with Crippen molar-refractivity contribution in [2.45, 2.75) is 33.6 Å². The zero-order valence-corrected chi connectivity index (χ0v) is 15.1. The highest BCUT2D eigenvalue weighted by Gasteiger charge is 2.11. The van der Waals surface area contributed by atoms with Crippen molar-refractivity contribution >= 4 is 0 Å². The van der Waals surface area contributed by atoms with Crippen LogP contribution in [0.1, 0.15) is 30.5 Å². The lowest BCUT2D eigenvalue weighted by molar-refractivity contribution is 0.448. The van der Waals surface area contributed by atoms with Crippen LogP contribution in [0.25, 0.3) is 0 Å². The van der Waals surface area contributed by atoms with Crippen molar-refractivity contribution < 1.29 is 9.47 Å². The Morgan fingerprint density at radius 2 is 0.960 bits per heavy atom. The number of hydrogen-bond donors (Lipinski definition) is 0. The molecule has 2 nitrogen and oxygen atoms in total. The monoisotopic (exact) mass is 332 g/mol. The predicted octanol–water partition coefficient (Wildman–Crippen LogP) is 6.70. The van der Waals surface area contributed by atoms with Crippen LogP contribution in [0.5, 0.6) is 23.0 Å². The molecule has 0 aliphatic rings. The molecule has 0 aliphatic heterocycles. The van der Waals surface area contributed by atoms with Gasteiger partial charge in [0.1, 0.15) is 23.0 Å². The molecule has 0 fully saturated rings. The van der Waals surface area contributed by atoms with Crippen molar-refractivity contribution in [3.8, 4) is 23.0 Å². The molecule has 0 unspecified atom stereocenters. The Morgan fingerprint density at radius 3 is 1.40 bits per heavy atom. The van der Waals surface area contributed by atoms with Crippen LogP contribution in [0.4, 0.5) is 0 Å². The van der Waals surface area contributed by atoms with Crippen molar-refractivity contribution in [2.24, 2.45) is 0 Å². The van der Waals surface area contributed by atoms with E-state index in [2.05, 4.69) is 26.0 Å². The fourth-order valence-corrected chi connectivity index (χ4v) is 2.84. The summed E-state index contributed by atoms with van der Waals surface area (Å²) in [7, 11) is 0. The molecule has 0 radical (unpaired) electrons. The van der Waals surface area contributed by atoms with Crippen LogP contribution in [-0.4, -0.2) is 0 Å². The van der Waals surface area contributed by atoms with E-state index in [9.17, 15) is 0 Å². The van der Waals surface area contributed by atoms with Gasteiger partial charge in [-0.25, -0.2) is 0 Å². The molecule has 0 amide bonds. The van der Waals surface area contributed by atoms with E-state index in [1.165, 1.54) is 11.1 Å². The second kappa shape index (κ2) is 7.89. The Hall–Kier alpha value is -2.74. The largest absolute Gasteiger partial charge is 0.457 e. The van der Waals surface area contributed by atoms with Gasteiger partial charge in [0.05, 0.1) is 0 Å². The van der Waals surface area contributed by atoms with Crippen LogP contribution >= 0.6 is 0 Å². The first kappa shape index (κ1) is 17.1. The standard InChI is InChI=1S/C23H24O2/c1-4-18-11-6-8-13-22(18)24-20-15-10-16-21(17(20)3)25-23-14-9-7-12-19(23)5-2/h6-16H,4-5H2,1-3H3. The maximum Gasteiger partial charge on any atom is 0.134 e. The van der Waals surface area contributed by atoms with Crippen molar-refractivity contribution in [2.75, 3.05) is 0 Å². The minimum absolute atomic E-state index is 0.826. The van der Waals surface area contributed by atoms with Gasteiger partial charge < -0.3 is 9.47 Å². The highest BCUT2D eigenvalue weighted by atomic mass is 16.5. The van der Waals surface area contributed by atoms with Crippen LogP contribution in [-0.2, 0) is 12.8 Å². The molecule has 0 bridgehead atoms. The predicted molar refractivity (Wildman–Crippen MR) is 103 cm³/mol. The van der Waals surface area contributed by atoms with Crippen molar-refractivity contribution in [3.63, 3.8) is 0 Å². The van der Waals surface area contributed by atoms with Crippen LogP contribution in [0.3, 0.4) is 0 Å². The summed E-state index contributed by atoms with van der Waals surface area (Å²) in [5.41, 5.74) is 3.40. The highest BCUT2D eigenvalue weighted by Crippen LogP contribution is 2.35. The number of rotatable bonds is 6. The van der Waals surface area contributed by atoms with Gasteiger partial charge in [0.25, 0.3) is 0 Å².